The summed E-state index contributed by atoms with van der Waals surface area (Å²) < 4.78 is 38.0. The van der Waals surface area contributed by atoms with Gasteiger partial charge in [-0.3, -0.25) is 9.35 Å². The summed E-state index contributed by atoms with van der Waals surface area (Å²) in [5.41, 5.74) is 0.627. The highest BCUT2D eigenvalue weighted by molar-refractivity contribution is 7.85. The normalized spacial score (nSPS) is 11.7. The first-order valence-electron chi connectivity index (χ1n) is 11.1. The zero-order valence-corrected chi connectivity index (χ0v) is 22.4. The zero-order chi connectivity index (χ0) is 27.6. The Labute approximate surface area is 228 Å². The van der Waals surface area contributed by atoms with Crippen LogP contribution in [-0.2, 0) is 16.5 Å². The fourth-order valence-corrected chi connectivity index (χ4v) is 5.26. The predicted molar refractivity (Wildman–Crippen MR) is 146 cm³/mol. The van der Waals surface area contributed by atoms with Crippen LogP contribution >= 0.6 is 23.2 Å². The summed E-state index contributed by atoms with van der Waals surface area (Å²) in [6.07, 6.45) is 0.205. The number of halogens is 2. The molecule has 0 fully saturated rings. The van der Waals surface area contributed by atoms with E-state index in [0.717, 1.165) is 0 Å². The number of hydrogen-bond acceptors (Lipinski definition) is 7. The van der Waals surface area contributed by atoms with Gasteiger partial charge in [-0.15, -0.1) is 10.2 Å². The van der Waals surface area contributed by atoms with Crippen LogP contribution in [0.1, 0.15) is 22.8 Å². The average molecular weight is 574 g/mol. The minimum atomic E-state index is -4.49. The van der Waals surface area contributed by atoms with E-state index in [9.17, 15) is 22.9 Å². The Kier molecular flexibility index (Phi) is 7.89. The molecule has 0 saturated heterocycles. The molecule has 0 atom stereocenters. The number of nitrogens with one attached hydrogen (secondary N) is 1. The van der Waals surface area contributed by atoms with Crippen molar-refractivity contribution < 1.29 is 27.6 Å². The molecule has 0 radical (unpaired) electrons. The van der Waals surface area contributed by atoms with E-state index in [1.54, 1.807) is 49.4 Å². The van der Waals surface area contributed by atoms with E-state index in [1.807, 2.05) is 0 Å². The maximum atomic E-state index is 13.1. The number of amides is 1. The zero-order valence-electron chi connectivity index (χ0n) is 20.1. The van der Waals surface area contributed by atoms with Gasteiger partial charge in [-0.25, -0.2) is 0 Å². The molecule has 38 heavy (non-hydrogen) atoms. The summed E-state index contributed by atoms with van der Waals surface area (Å²) in [6, 6.07) is 15.7. The Morgan fingerprint density at radius 3 is 2.47 bits per heavy atom. The number of hydrogen-bond donors (Lipinski definition) is 3. The fourth-order valence-electron chi connectivity index (χ4n) is 3.87. The summed E-state index contributed by atoms with van der Waals surface area (Å²) in [5.74, 6) is -0.671. The summed E-state index contributed by atoms with van der Waals surface area (Å²) in [6.45, 7) is 1.68. The molecule has 0 aromatic heterocycles. The lowest BCUT2D eigenvalue weighted by atomic mass is 10.0. The summed E-state index contributed by atoms with van der Waals surface area (Å²) in [4.78, 5) is 12.8. The van der Waals surface area contributed by atoms with E-state index in [1.165, 1.54) is 25.3 Å². The van der Waals surface area contributed by atoms with E-state index in [-0.39, 0.29) is 38.8 Å². The van der Waals surface area contributed by atoms with Crippen LogP contribution in [0.3, 0.4) is 0 Å². The standard InChI is InChI=1S/C26H21Cl2N3O6S/c1-3-16-22(38(34,35)36)11-10-20(23(16)28)30-31-24-17-7-5-4-6-14(17)12-18(25(24)32)26(33)29-15-8-9-19(27)21(13-15)37-2/h4-13,32H,3H2,1-2H3,(H,29,33)(H,34,35,36). The van der Waals surface area contributed by atoms with Crippen molar-refractivity contribution in [2.75, 3.05) is 12.4 Å². The number of carbonyl (C=O) groups is 1. The Balaban J connectivity index is 1.79. The van der Waals surface area contributed by atoms with Crippen molar-refractivity contribution in [3.63, 3.8) is 0 Å². The minimum absolute atomic E-state index is 0.00917. The van der Waals surface area contributed by atoms with Gasteiger partial charge in [-0.1, -0.05) is 54.4 Å². The van der Waals surface area contributed by atoms with Gasteiger partial charge in [-0.05, 0) is 47.7 Å². The molecule has 0 unspecified atom stereocenters. The highest BCUT2D eigenvalue weighted by Crippen LogP contribution is 2.41. The number of benzene rings is 4. The van der Waals surface area contributed by atoms with Crippen molar-refractivity contribution in [3.05, 3.63) is 81.8 Å². The number of ether oxygens (including phenoxy) is 1. The lowest BCUT2D eigenvalue weighted by Gasteiger charge is -2.12. The van der Waals surface area contributed by atoms with Gasteiger partial charge in [0, 0.05) is 17.1 Å². The molecule has 4 aromatic rings. The van der Waals surface area contributed by atoms with Crippen molar-refractivity contribution >= 4 is 67.1 Å². The van der Waals surface area contributed by atoms with Crippen LogP contribution in [-0.4, -0.2) is 31.1 Å². The van der Waals surface area contributed by atoms with Crippen LogP contribution in [0.5, 0.6) is 11.5 Å². The van der Waals surface area contributed by atoms with Gasteiger partial charge in [0.2, 0.25) is 0 Å². The third-order valence-electron chi connectivity index (χ3n) is 5.72. The van der Waals surface area contributed by atoms with Crippen LogP contribution in [0.25, 0.3) is 10.8 Å². The molecule has 0 heterocycles. The number of nitrogens with zero attached hydrogens (tertiary/aromatic N) is 2. The molecule has 12 heteroatoms. The average Bonchev–Trinajstić information content (AvgIpc) is 2.88. The second-order valence-electron chi connectivity index (χ2n) is 8.05. The third-order valence-corrected chi connectivity index (χ3v) is 7.39. The van der Waals surface area contributed by atoms with Crippen molar-refractivity contribution in [2.24, 2.45) is 10.2 Å². The van der Waals surface area contributed by atoms with Crippen LogP contribution in [0, 0.1) is 0 Å². The number of aromatic hydroxyl groups is 1. The summed E-state index contributed by atoms with van der Waals surface area (Å²) in [5, 5.41) is 23.6. The van der Waals surface area contributed by atoms with Gasteiger partial charge in [-0.2, -0.15) is 8.42 Å². The summed E-state index contributed by atoms with van der Waals surface area (Å²) >= 11 is 12.4. The maximum Gasteiger partial charge on any atom is 0.294 e. The van der Waals surface area contributed by atoms with Crippen LogP contribution in [0.4, 0.5) is 17.1 Å². The van der Waals surface area contributed by atoms with Gasteiger partial charge < -0.3 is 15.2 Å². The SMILES string of the molecule is CCc1c(S(=O)(=O)O)ccc(N=Nc2c(O)c(C(=O)Nc3ccc(Cl)c(OC)c3)cc3ccccc23)c1Cl. The molecule has 4 aromatic carbocycles. The van der Waals surface area contributed by atoms with Gasteiger partial charge in [0.25, 0.3) is 16.0 Å². The third kappa shape index (κ3) is 5.44. The lowest BCUT2D eigenvalue weighted by molar-refractivity contribution is 0.102. The predicted octanol–water partition coefficient (Wildman–Crippen LogP) is 7.34. The summed E-state index contributed by atoms with van der Waals surface area (Å²) in [7, 11) is -3.04. The number of phenols is 1. The Morgan fingerprint density at radius 2 is 1.79 bits per heavy atom. The molecule has 0 bridgehead atoms. The highest BCUT2D eigenvalue weighted by atomic mass is 35.5. The molecule has 0 saturated carbocycles. The number of phenolic OH excluding ortho intramolecular Hbond substituents is 1. The molecule has 0 aliphatic carbocycles. The van der Waals surface area contributed by atoms with E-state index >= 15 is 0 Å². The smallest absolute Gasteiger partial charge is 0.294 e. The van der Waals surface area contributed by atoms with E-state index in [0.29, 0.717) is 27.2 Å². The van der Waals surface area contributed by atoms with Crippen LogP contribution in [0.15, 0.2) is 75.8 Å². The first-order valence-corrected chi connectivity index (χ1v) is 13.3. The second-order valence-corrected chi connectivity index (χ2v) is 10.2. The number of azo groups is 1. The van der Waals surface area contributed by atoms with Gasteiger partial charge in [0.1, 0.15) is 17.1 Å². The van der Waals surface area contributed by atoms with E-state index in [2.05, 4.69) is 15.5 Å². The molecule has 0 aliphatic rings. The molecular formula is C26H21Cl2N3O6S. The number of carbonyl (C=O) groups excluding carboxylic acids is 1. The van der Waals surface area contributed by atoms with Crippen molar-refractivity contribution in [1.29, 1.82) is 0 Å². The second kappa shape index (κ2) is 11.0. The molecule has 9 nitrogen and oxygen atoms in total. The Morgan fingerprint density at radius 1 is 1.05 bits per heavy atom. The topological polar surface area (TPSA) is 138 Å². The quantitative estimate of drug-likeness (QED) is 0.156. The number of anilines is 1. The Hall–Kier alpha value is -3.70. The molecule has 1 amide bonds. The molecule has 0 aliphatic heterocycles. The first kappa shape index (κ1) is 27.3. The molecule has 196 valence electrons. The van der Waals surface area contributed by atoms with Gasteiger partial charge >= 0.3 is 0 Å². The first-order chi connectivity index (χ1) is 18.0. The van der Waals surface area contributed by atoms with Crippen molar-refractivity contribution in [2.45, 2.75) is 18.2 Å². The largest absolute Gasteiger partial charge is 0.505 e. The monoisotopic (exact) mass is 573 g/mol. The molecule has 4 rings (SSSR count). The highest BCUT2D eigenvalue weighted by Gasteiger charge is 2.21. The van der Waals surface area contributed by atoms with Gasteiger partial charge in [0.05, 0.1) is 27.6 Å². The molecular weight excluding hydrogens is 553 g/mol. The Bertz CT molecular complexity index is 1710. The van der Waals surface area contributed by atoms with E-state index < -0.39 is 21.8 Å². The number of rotatable bonds is 7. The maximum absolute atomic E-state index is 13.1. The van der Waals surface area contributed by atoms with Gasteiger partial charge in [0.15, 0.2) is 5.75 Å². The lowest BCUT2D eigenvalue weighted by Crippen LogP contribution is -2.12. The molecule has 0 spiro atoms. The van der Waals surface area contributed by atoms with E-state index in [4.69, 9.17) is 27.9 Å². The van der Waals surface area contributed by atoms with Crippen LogP contribution in [0.2, 0.25) is 10.0 Å². The van der Waals surface area contributed by atoms with Crippen molar-refractivity contribution in [3.8, 4) is 11.5 Å². The van der Waals surface area contributed by atoms with Crippen LogP contribution < -0.4 is 10.1 Å². The van der Waals surface area contributed by atoms with Crippen molar-refractivity contribution in [1.82, 2.24) is 0 Å². The number of fused-ring (bicyclic) bond motifs is 1. The molecule has 3 N–H and O–H groups in total. The fraction of sp³-hybridized carbons (Fsp3) is 0.115. The number of methoxy groups -OCH3 is 1. The minimum Gasteiger partial charge on any atom is -0.505 e.